The lowest BCUT2D eigenvalue weighted by Crippen LogP contribution is -2.41. The van der Waals surface area contributed by atoms with Gasteiger partial charge < -0.3 is 10.1 Å². The zero-order valence-corrected chi connectivity index (χ0v) is 19.2. The number of halogens is 2. The van der Waals surface area contributed by atoms with Crippen LogP contribution in [0.5, 0.6) is 0 Å². The summed E-state index contributed by atoms with van der Waals surface area (Å²) in [6, 6.07) is 0. The molecule has 2 aromatic heterocycles. The Morgan fingerprint density at radius 3 is 2.67 bits per heavy atom. The van der Waals surface area contributed by atoms with Crippen LogP contribution in [0, 0.1) is 17.8 Å². The van der Waals surface area contributed by atoms with Crippen molar-refractivity contribution in [1.82, 2.24) is 24.9 Å². The first kappa shape index (κ1) is 22.6. The molecule has 9 heteroatoms. The Hall–Kier alpha value is -2.16. The van der Waals surface area contributed by atoms with Gasteiger partial charge in [-0.1, -0.05) is 6.92 Å². The summed E-state index contributed by atoms with van der Waals surface area (Å²) in [5, 5.41) is 7.91. The van der Waals surface area contributed by atoms with Crippen LogP contribution in [0.3, 0.4) is 0 Å². The van der Waals surface area contributed by atoms with Crippen molar-refractivity contribution in [2.24, 2.45) is 17.8 Å². The monoisotopic (exact) mass is 461 g/mol. The first-order chi connectivity index (χ1) is 15.9. The van der Waals surface area contributed by atoms with Crippen LogP contribution in [0.2, 0.25) is 0 Å². The van der Waals surface area contributed by atoms with Crippen molar-refractivity contribution < 1.29 is 18.3 Å². The average Bonchev–Trinajstić information content (AvgIpc) is 3.19. The molecule has 0 aromatic carbocycles. The summed E-state index contributed by atoms with van der Waals surface area (Å²) in [5.74, 6) is -1.07. The largest absolute Gasteiger partial charge is 0.381 e. The number of fused-ring (bicyclic) bond motifs is 1. The Bertz CT molecular complexity index is 994. The smallest absolute Gasteiger partial charge is 0.251 e. The fraction of sp³-hybridized carbons (Fsp3) is 0.750. The number of nitrogens with zero attached hydrogens (tertiary/aromatic N) is 4. The van der Waals surface area contributed by atoms with Crippen molar-refractivity contribution in [3.05, 3.63) is 23.3 Å². The highest BCUT2D eigenvalue weighted by atomic mass is 19.3. The average molecular weight is 462 g/mol. The van der Waals surface area contributed by atoms with Gasteiger partial charge in [-0.15, -0.1) is 0 Å². The first-order valence-corrected chi connectivity index (χ1v) is 12.3. The van der Waals surface area contributed by atoms with E-state index in [1.54, 1.807) is 4.52 Å². The second-order valence-electron chi connectivity index (χ2n) is 10.3. The minimum Gasteiger partial charge on any atom is -0.381 e. The molecule has 2 unspecified atom stereocenters. The number of carbonyl (C=O) groups excluding carboxylic acids is 1. The van der Waals surface area contributed by atoms with E-state index >= 15 is 0 Å². The van der Waals surface area contributed by atoms with Crippen molar-refractivity contribution in [3.8, 4) is 0 Å². The third-order valence-corrected chi connectivity index (χ3v) is 7.53. The van der Waals surface area contributed by atoms with Crippen LogP contribution in [0.15, 0.2) is 6.20 Å². The third kappa shape index (κ3) is 5.18. The Labute approximate surface area is 192 Å². The van der Waals surface area contributed by atoms with Crippen molar-refractivity contribution in [2.75, 3.05) is 19.8 Å². The Balaban J connectivity index is 1.41. The normalized spacial score (nSPS) is 27.1. The molecule has 7 nitrogen and oxygen atoms in total. The van der Waals surface area contributed by atoms with E-state index in [4.69, 9.17) is 19.8 Å². The van der Waals surface area contributed by atoms with Gasteiger partial charge in [-0.2, -0.15) is 5.10 Å². The van der Waals surface area contributed by atoms with Gasteiger partial charge in [0.2, 0.25) is 11.8 Å². The molecular weight excluding hydrogens is 428 g/mol. The van der Waals surface area contributed by atoms with Gasteiger partial charge in [0, 0.05) is 50.9 Å². The molecule has 1 saturated carbocycles. The summed E-state index contributed by atoms with van der Waals surface area (Å²) >= 11 is 0. The van der Waals surface area contributed by atoms with Gasteiger partial charge in [0.25, 0.3) is 5.78 Å². The molecule has 1 N–H and O–H groups in total. The lowest BCUT2D eigenvalue weighted by atomic mass is 9.84. The molecule has 2 saturated heterocycles. The number of imidazole rings is 1. The van der Waals surface area contributed by atoms with Crippen LogP contribution in [0.4, 0.5) is 8.78 Å². The Morgan fingerprint density at radius 1 is 1.15 bits per heavy atom. The molecule has 2 atom stereocenters. The number of aromatic nitrogens is 4. The van der Waals surface area contributed by atoms with Crippen LogP contribution in [-0.4, -0.2) is 51.2 Å². The quantitative estimate of drug-likeness (QED) is 0.734. The van der Waals surface area contributed by atoms with E-state index < -0.39 is 5.92 Å². The highest BCUT2D eigenvalue weighted by Crippen LogP contribution is 2.37. The van der Waals surface area contributed by atoms with Crippen LogP contribution in [0.1, 0.15) is 74.9 Å². The second-order valence-corrected chi connectivity index (χ2v) is 10.3. The van der Waals surface area contributed by atoms with Gasteiger partial charge in [0.15, 0.2) is 0 Å². The number of hydrogen-bond donors (Lipinski definition) is 1. The fourth-order valence-corrected chi connectivity index (χ4v) is 5.56. The predicted molar refractivity (Wildman–Crippen MR) is 118 cm³/mol. The molecule has 0 spiro atoms. The van der Waals surface area contributed by atoms with Crippen LogP contribution in [0.25, 0.3) is 5.78 Å². The molecule has 1 aliphatic carbocycles. The summed E-state index contributed by atoms with van der Waals surface area (Å²) in [5.41, 5.74) is 2.65. The van der Waals surface area contributed by atoms with Gasteiger partial charge in [0.1, 0.15) is 0 Å². The van der Waals surface area contributed by atoms with Gasteiger partial charge in [-0.05, 0) is 50.4 Å². The molecule has 180 valence electrons. The van der Waals surface area contributed by atoms with Crippen molar-refractivity contribution in [3.63, 3.8) is 0 Å². The van der Waals surface area contributed by atoms with E-state index in [-0.39, 0.29) is 36.5 Å². The summed E-state index contributed by atoms with van der Waals surface area (Å²) in [7, 11) is 0. The number of alkyl halides is 2. The Morgan fingerprint density at radius 2 is 1.91 bits per heavy atom. The molecule has 5 rings (SSSR count). The van der Waals surface area contributed by atoms with Gasteiger partial charge in [-0.25, -0.2) is 23.3 Å². The third-order valence-electron chi connectivity index (χ3n) is 7.53. The van der Waals surface area contributed by atoms with E-state index in [2.05, 4.69) is 12.2 Å². The van der Waals surface area contributed by atoms with E-state index in [0.717, 1.165) is 42.9 Å². The number of ether oxygens (including phenoxy) is 1. The van der Waals surface area contributed by atoms with E-state index in [9.17, 15) is 13.6 Å². The van der Waals surface area contributed by atoms with Gasteiger partial charge in [-0.3, -0.25) is 4.79 Å². The maximum absolute atomic E-state index is 13.5. The number of nitrogens with one attached hydrogen (secondary N) is 1. The molecule has 0 radical (unpaired) electrons. The molecule has 3 aliphatic rings. The number of carbonyl (C=O) groups is 1. The highest BCUT2D eigenvalue weighted by molar-refractivity contribution is 5.79. The second kappa shape index (κ2) is 9.24. The molecule has 3 fully saturated rings. The Kier molecular flexibility index (Phi) is 6.33. The minimum absolute atomic E-state index is 0.0402. The standard InChI is InChI=1S/C24H33F2N5O2/c1-15-10-18(22(32)27-13-15)12-20-21(17-4-8-33-9-5-17)29-23-28-19(14-31(23)30-20)11-16-2-6-24(25,26)7-3-16/h14-18H,2-13H2,1H3,(H,27,32). The van der Waals surface area contributed by atoms with Crippen LogP contribution < -0.4 is 5.32 Å². The zero-order valence-electron chi connectivity index (χ0n) is 19.2. The van der Waals surface area contributed by atoms with Crippen molar-refractivity contribution >= 4 is 11.7 Å². The van der Waals surface area contributed by atoms with Crippen LogP contribution in [-0.2, 0) is 22.4 Å². The maximum atomic E-state index is 13.5. The van der Waals surface area contributed by atoms with E-state index in [1.807, 2.05) is 6.20 Å². The summed E-state index contributed by atoms with van der Waals surface area (Å²) < 4.78 is 34.3. The molecule has 0 bridgehead atoms. The van der Waals surface area contributed by atoms with Crippen LogP contribution >= 0.6 is 0 Å². The first-order valence-electron chi connectivity index (χ1n) is 12.3. The van der Waals surface area contributed by atoms with E-state index in [1.165, 1.54) is 0 Å². The number of amides is 1. The van der Waals surface area contributed by atoms with Crippen molar-refractivity contribution in [2.45, 2.75) is 76.6 Å². The molecular formula is C24H33F2N5O2. The summed E-state index contributed by atoms with van der Waals surface area (Å²) in [6.45, 7) is 4.28. The number of rotatable bonds is 5. The maximum Gasteiger partial charge on any atom is 0.251 e. The topological polar surface area (TPSA) is 81.4 Å². The molecule has 1 amide bonds. The van der Waals surface area contributed by atoms with Crippen molar-refractivity contribution in [1.29, 1.82) is 0 Å². The zero-order chi connectivity index (χ0) is 23.0. The molecule has 2 aliphatic heterocycles. The molecule has 4 heterocycles. The highest BCUT2D eigenvalue weighted by Gasteiger charge is 2.35. The minimum atomic E-state index is -2.52. The molecule has 33 heavy (non-hydrogen) atoms. The number of hydrogen-bond acceptors (Lipinski definition) is 5. The van der Waals surface area contributed by atoms with E-state index in [0.29, 0.717) is 50.6 Å². The van der Waals surface area contributed by atoms with Gasteiger partial charge in [0.05, 0.1) is 23.3 Å². The molecule has 2 aromatic rings. The lowest BCUT2D eigenvalue weighted by Gasteiger charge is -2.28. The predicted octanol–water partition coefficient (Wildman–Crippen LogP) is 3.70. The number of piperidine rings is 1. The van der Waals surface area contributed by atoms with Gasteiger partial charge >= 0.3 is 0 Å². The lowest BCUT2D eigenvalue weighted by molar-refractivity contribution is -0.127. The SMILES string of the molecule is CC1CNC(=O)C(Cc2nn3cc(CC4CCC(F)(F)CC4)nc3nc2C2CCOCC2)C1. The summed E-state index contributed by atoms with van der Waals surface area (Å²) in [4.78, 5) is 22.1. The fourth-order valence-electron chi connectivity index (χ4n) is 5.56. The summed E-state index contributed by atoms with van der Waals surface area (Å²) in [6.07, 6.45) is 6.70.